The smallest absolute Gasteiger partial charge is 0.306 e. The molecule has 0 heterocycles. The minimum atomic E-state index is -0.784. The van der Waals surface area contributed by atoms with E-state index in [4.69, 9.17) is 14.2 Å². The Kier molecular flexibility index (Phi) is 55.3. The molecule has 0 unspecified atom stereocenters. The summed E-state index contributed by atoms with van der Waals surface area (Å²) in [4.78, 5) is 38.2. The maximum Gasteiger partial charge on any atom is 0.306 e. The van der Waals surface area contributed by atoms with Gasteiger partial charge in [-0.15, -0.1) is 0 Å². The fourth-order valence-corrected chi connectivity index (χ4v) is 8.48. The fraction of sp³-hybridized carbons (Fsp3) is 0.794. The molecule has 0 bridgehead atoms. The second kappa shape index (κ2) is 57.7. The number of carbonyl (C=O) groups is 3. The Bertz CT molecular complexity index is 1250. The maximum absolute atomic E-state index is 12.9. The van der Waals surface area contributed by atoms with Crippen molar-refractivity contribution in [2.24, 2.45) is 0 Å². The SMILES string of the molecule is CCCCC/C=C\C/C=C\C/C=C\CCCCCCC(=O)OC[C@H](COC(=O)CCCCCCCCCCCCCCCCC)OC(=O)CCCCCCCCCCC/C=C\C/C=C\CCCCC. The Morgan fingerprint density at radius 1 is 0.290 bits per heavy atom. The van der Waals surface area contributed by atoms with Crippen LogP contribution < -0.4 is 0 Å². The molecule has 0 saturated heterocycles. The van der Waals surface area contributed by atoms with Crippen molar-refractivity contribution in [1.29, 1.82) is 0 Å². The average Bonchev–Trinajstić information content (AvgIpc) is 3.35. The predicted molar refractivity (Wildman–Crippen MR) is 298 cm³/mol. The molecule has 0 aliphatic carbocycles. The van der Waals surface area contributed by atoms with Crippen LogP contribution in [0.25, 0.3) is 0 Å². The van der Waals surface area contributed by atoms with Gasteiger partial charge in [0.1, 0.15) is 13.2 Å². The van der Waals surface area contributed by atoms with Crippen molar-refractivity contribution in [2.75, 3.05) is 13.2 Å². The highest BCUT2D eigenvalue weighted by atomic mass is 16.6. The van der Waals surface area contributed by atoms with E-state index in [1.807, 2.05) is 0 Å². The van der Waals surface area contributed by atoms with E-state index in [-0.39, 0.29) is 31.1 Å². The van der Waals surface area contributed by atoms with E-state index in [0.717, 1.165) is 89.9 Å². The van der Waals surface area contributed by atoms with Gasteiger partial charge in [0.2, 0.25) is 0 Å². The van der Waals surface area contributed by atoms with E-state index in [1.165, 1.54) is 173 Å². The van der Waals surface area contributed by atoms with Gasteiger partial charge in [-0.1, -0.05) is 255 Å². The minimum absolute atomic E-state index is 0.0805. The highest BCUT2D eigenvalue weighted by molar-refractivity contribution is 5.71. The predicted octanol–water partition coefficient (Wildman–Crippen LogP) is 20.0. The molecule has 0 fully saturated rings. The minimum Gasteiger partial charge on any atom is -0.462 e. The van der Waals surface area contributed by atoms with Gasteiger partial charge in [0.25, 0.3) is 0 Å². The van der Waals surface area contributed by atoms with Gasteiger partial charge in [-0.3, -0.25) is 14.4 Å². The van der Waals surface area contributed by atoms with Crippen LogP contribution in [0.1, 0.15) is 303 Å². The summed E-state index contributed by atoms with van der Waals surface area (Å²) in [5, 5.41) is 0. The monoisotopic (exact) mass is 965 g/mol. The second-order valence-electron chi connectivity index (χ2n) is 19.9. The quantitative estimate of drug-likeness (QED) is 0.0262. The molecule has 0 aromatic rings. The number of unbranched alkanes of at least 4 members (excludes halogenated alkanes) is 33. The lowest BCUT2D eigenvalue weighted by atomic mass is 10.0. The summed E-state index contributed by atoms with van der Waals surface area (Å²) in [5.74, 6) is -0.893. The molecular formula is C63H112O6. The van der Waals surface area contributed by atoms with Crippen molar-refractivity contribution in [3.8, 4) is 0 Å². The van der Waals surface area contributed by atoms with Crippen molar-refractivity contribution in [2.45, 2.75) is 309 Å². The molecular weight excluding hydrogens is 853 g/mol. The van der Waals surface area contributed by atoms with Gasteiger partial charge in [-0.05, 0) is 89.9 Å². The zero-order chi connectivity index (χ0) is 50.0. The Hall–Kier alpha value is -2.89. The van der Waals surface area contributed by atoms with Crippen LogP contribution in [0.5, 0.6) is 0 Å². The van der Waals surface area contributed by atoms with Crippen LogP contribution in [-0.2, 0) is 28.6 Å². The lowest BCUT2D eigenvalue weighted by Gasteiger charge is -2.18. The summed E-state index contributed by atoms with van der Waals surface area (Å²) in [6.07, 6.45) is 72.0. The van der Waals surface area contributed by atoms with E-state index in [9.17, 15) is 14.4 Å². The summed E-state index contributed by atoms with van der Waals surface area (Å²) < 4.78 is 16.9. The van der Waals surface area contributed by atoms with Crippen LogP contribution in [0.2, 0.25) is 0 Å². The van der Waals surface area contributed by atoms with E-state index < -0.39 is 6.10 Å². The van der Waals surface area contributed by atoms with Gasteiger partial charge in [0, 0.05) is 19.3 Å². The lowest BCUT2D eigenvalue weighted by Crippen LogP contribution is -2.30. The topological polar surface area (TPSA) is 78.9 Å². The number of ether oxygens (including phenoxy) is 3. The molecule has 69 heavy (non-hydrogen) atoms. The average molecular weight is 966 g/mol. The lowest BCUT2D eigenvalue weighted by molar-refractivity contribution is -0.167. The third-order valence-corrected chi connectivity index (χ3v) is 13.0. The largest absolute Gasteiger partial charge is 0.462 e. The maximum atomic E-state index is 12.9. The van der Waals surface area contributed by atoms with Gasteiger partial charge in [-0.2, -0.15) is 0 Å². The van der Waals surface area contributed by atoms with Crippen LogP contribution in [0.15, 0.2) is 60.8 Å². The zero-order valence-corrected chi connectivity index (χ0v) is 45.8. The summed E-state index contributed by atoms with van der Waals surface area (Å²) in [7, 11) is 0. The first-order chi connectivity index (χ1) is 34.0. The van der Waals surface area contributed by atoms with Crippen molar-refractivity contribution in [1.82, 2.24) is 0 Å². The van der Waals surface area contributed by atoms with Gasteiger partial charge in [0.05, 0.1) is 0 Å². The van der Waals surface area contributed by atoms with Gasteiger partial charge < -0.3 is 14.2 Å². The fourth-order valence-electron chi connectivity index (χ4n) is 8.48. The van der Waals surface area contributed by atoms with E-state index in [1.54, 1.807) is 0 Å². The molecule has 6 nitrogen and oxygen atoms in total. The first-order valence-electron chi connectivity index (χ1n) is 29.8. The van der Waals surface area contributed by atoms with Crippen LogP contribution in [-0.4, -0.2) is 37.2 Å². The van der Waals surface area contributed by atoms with Crippen molar-refractivity contribution < 1.29 is 28.6 Å². The van der Waals surface area contributed by atoms with E-state index >= 15 is 0 Å². The number of carbonyl (C=O) groups excluding carboxylic acids is 3. The number of rotatable bonds is 54. The summed E-state index contributed by atoms with van der Waals surface area (Å²) in [6, 6.07) is 0. The summed E-state index contributed by atoms with van der Waals surface area (Å²) in [6.45, 7) is 6.60. The van der Waals surface area contributed by atoms with Gasteiger partial charge >= 0.3 is 17.9 Å². The molecule has 0 radical (unpaired) electrons. The molecule has 0 amide bonds. The molecule has 0 aromatic carbocycles. The normalized spacial score (nSPS) is 12.4. The van der Waals surface area contributed by atoms with Gasteiger partial charge in [-0.25, -0.2) is 0 Å². The molecule has 6 heteroatoms. The van der Waals surface area contributed by atoms with Crippen LogP contribution in [0.4, 0.5) is 0 Å². The van der Waals surface area contributed by atoms with Crippen LogP contribution >= 0.6 is 0 Å². The highest BCUT2D eigenvalue weighted by Gasteiger charge is 2.19. The molecule has 0 saturated carbocycles. The Morgan fingerprint density at radius 3 is 0.841 bits per heavy atom. The molecule has 0 spiro atoms. The van der Waals surface area contributed by atoms with Gasteiger partial charge in [0.15, 0.2) is 6.10 Å². The number of allylic oxidation sites excluding steroid dienone is 10. The summed E-state index contributed by atoms with van der Waals surface area (Å²) >= 11 is 0. The molecule has 0 aromatic heterocycles. The van der Waals surface area contributed by atoms with Crippen molar-refractivity contribution >= 4 is 17.9 Å². The molecule has 0 N–H and O–H groups in total. The third kappa shape index (κ3) is 55.9. The Morgan fingerprint density at radius 2 is 0.522 bits per heavy atom. The van der Waals surface area contributed by atoms with E-state index in [2.05, 4.69) is 81.5 Å². The number of hydrogen-bond donors (Lipinski definition) is 0. The van der Waals surface area contributed by atoms with Crippen molar-refractivity contribution in [3.63, 3.8) is 0 Å². The van der Waals surface area contributed by atoms with Crippen LogP contribution in [0, 0.1) is 0 Å². The summed E-state index contributed by atoms with van der Waals surface area (Å²) in [5.41, 5.74) is 0. The third-order valence-electron chi connectivity index (χ3n) is 13.0. The molecule has 0 rings (SSSR count). The van der Waals surface area contributed by atoms with Crippen molar-refractivity contribution in [3.05, 3.63) is 60.8 Å². The molecule has 0 aliphatic heterocycles. The molecule has 0 aliphatic rings. The second-order valence-corrected chi connectivity index (χ2v) is 19.9. The zero-order valence-electron chi connectivity index (χ0n) is 45.8. The van der Waals surface area contributed by atoms with Crippen LogP contribution in [0.3, 0.4) is 0 Å². The standard InChI is InChI=1S/C63H112O6/c1-4-7-10-13-16-19-22-25-28-30-31-33-36-39-42-45-48-51-54-57-63(66)69-60(58-67-61(64)55-52-49-46-43-40-37-34-27-24-21-18-15-12-9-6-3)59-68-62(65)56-53-50-47-44-41-38-35-32-29-26-23-20-17-14-11-8-5-2/h16-17,19-20,25-26,28-29,35,38,60H,4-15,18,21-24,27,30-34,36-37,39-59H2,1-3H3/b19-16-,20-17-,28-25-,29-26-,38-35-/t60-/m0/s1. The first-order valence-corrected chi connectivity index (χ1v) is 29.8. The highest BCUT2D eigenvalue weighted by Crippen LogP contribution is 2.16. The Balaban J connectivity index is 4.40. The Labute approximate surface area is 428 Å². The molecule has 1 atom stereocenters. The first kappa shape index (κ1) is 66.1. The number of esters is 3. The molecule has 400 valence electrons. The number of hydrogen-bond acceptors (Lipinski definition) is 6. The van der Waals surface area contributed by atoms with E-state index in [0.29, 0.717) is 19.3 Å².